The normalized spacial score (nSPS) is 20.6. The minimum absolute atomic E-state index is 0. The van der Waals surface area contributed by atoms with Crippen LogP contribution in [0, 0.1) is 0 Å². The summed E-state index contributed by atoms with van der Waals surface area (Å²) in [4.78, 5) is 0. The van der Waals surface area contributed by atoms with E-state index in [9.17, 15) is 0 Å². The molecule has 0 radical (unpaired) electrons. The second-order valence-electron chi connectivity index (χ2n) is 2.12. The van der Waals surface area contributed by atoms with Crippen molar-refractivity contribution in [2.45, 2.75) is 46.0 Å². The van der Waals surface area contributed by atoms with E-state index in [4.69, 9.17) is 0 Å². The fourth-order valence-electron chi connectivity index (χ4n) is 1.06. The molecule has 0 aliphatic heterocycles. The smallest absolute Gasteiger partial charge is 0 e. The molecule has 0 atom stereocenters. The Labute approximate surface area is 48.4 Å². The van der Waals surface area contributed by atoms with Gasteiger partial charge in [0.25, 0.3) is 0 Å². The molecule has 1 saturated carbocycles. The van der Waals surface area contributed by atoms with Gasteiger partial charge in [0.2, 0.25) is 0 Å². The van der Waals surface area contributed by atoms with Crippen molar-refractivity contribution in [2.24, 2.45) is 0 Å². The minimum Gasteiger partial charge on any atom is -0.0776 e. The fraction of sp³-hybridized carbons (Fsp3) is 1.00. The Balaban J connectivity index is 0. The zero-order chi connectivity index (χ0) is 4.24. The van der Waals surface area contributed by atoms with E-state index in [0.717, 1.165) is 0 Å². The molecule has 1 rings (SSSR count). The lowest BCUT2D eigenvalue weighted by atomic mass is 10.0. The van der Waals surface area contributed by atoms with Crippen molar-refractivity contribution in [3.05, 3.63) is 0 Å². The summed E-state index contributed by atoms with van der Waals surface area (Å²) in [6.07, 6.45) is 9.00. The summed E-state index contributed by atoms with van der Waals surface area (Å²) in [5, 5.41) is 0. The zero-order valence-corrected chi connectivity index (χ0v) is 4.24. The molecule has 7 heavy (non-hydrogen) atoms. The maximum Gasteiger partial charge on any atom is 0 e. The van der Waals surface area contributed by atoms with E-state index < -0.39 is 0 Å². The van der Waals surface area contributed by atoms with E-state index in [1.165, 1.54) is 38.5 Å². The Hall–Kier alpha value is 0. The first-order chi connectivity index (χ1) is 3.00. The van der Waals surface area contributed by atoms with Crippen LogP contribution in [0.5, 0.6) is 0 Å². The van der Waals surface area contributed by atoms with Crippen LogP contribution in [0.3, 0.4) is 0 Å². The lowest BCUT2D eigenvalue weighted by Crippen LogP contribution is -1.85. The van der Waals surface area contributed by atoms with Crippen molar-refractivity contribution in [1.82, 2.24) is 0 Å². The number of hydrogen-bond donors (Lipinski definition) is 0. The molecule has 0 aromatic carbocycles. The van der Waals surface area contributed by atoms with Crippen LogP contribution in [-0.2, 0) is 0 Å². The van der Waals surface area contributed by atoms with E-state index in [2.05, 4.69) is 0 Å². The first-order valence-electron chi connectivity index (χ1n) is 3.00. The van der Waals surface area contributed by atoms with Crippen LogP contribution in [0.4, 0.5) is 0 Å². The molecule has 0 N–H and O–H groups in total. The van der Waals surface area contributed by atoms with Gasteiger partial charge in [0.1, 0.15) is 0 Å². The Kier molecular flexibility index (Phi) is 4.17. The number of rotatable bonds is 0. The third-order valence-electron chi connectivity index (χ3n) is 1.50. The van der Waals surface area contributed by atoms with Crippen molar-refractivity contribution in [3.8, 4) is 0 Å². The standard InChI is InChI=1S/C6H12.CH4.H2/c1-2-4-6-5-3-1;;/h1-6H2;1H4;1H/i;;1+1. The Morgan fingerprint density at radius 2 is 0.714 bits per heavy atom. The molecule has 0 nitrogen and oxygen atoms in total. The van der Waals surface area contributed by atoms with Gasteiger partial charge in [-0.15, -0.1) is 0 Å². The molecule has 46 valence electrons. The van der Waals surface area contributed by atoms with Crippen LogP contribution in [0.2, 0.25) is 0 Å². The Bertz CT molecular complexity index is 19.9. The summed E-state index contributed by atoms with van der Waals surface area (Å²) in [6.45, 7) is 0. The van der Waals surface area contributed by atoms with E-state index in [1.807, 2.05) is 0 Å². The van der Waals surface area contributed by atoms with Gasteiger partial charge >= 0.3 is 0 Å². The molecule has 0 aromatic heterocycles. The Morgan fingerprint density at radius 1 is 0.571 bits per heavy atom. The quantitative estimate of drug-likeness (QED) is 0.441. The SMILES string of the molecule is C.C1CCCCC1.[2HH]. The molecule has 1 aliphatic carbocycles. The van der Waals surface area contributed by atoms with Gasteiger partial charge < -0.3 is 0 Å². The zero-order valence-electron chi connectivity index (χ0n) is 4.24. The second-order valence-corrected chi connectivity index (χ2v) is 2.12. The predicted molar refractivity (Wildman–Crippen MR) is 36.5 cm³/mol. The molecule has 0 aromatic rings. The van der Waals surface area contributed by atoms with Crippen LogP contribution in [-0.4, -0.2) is 0 Å². The fourth-order valence-corrected chi connectivity index (χ4v) is 1.06. The minimum atomic E-state index is 0. The summed E-state index contributed by atoms with van der Waals surface area (Å²) in [6, 6.07) is 0. The van der Waals surface area contributed by atoms with Crippen molar-refractivity contribution in [2.75, 3.05) is 0 Å². The van der Waals surface area contributed by atoms with Gasteiger partial charge in [0.15, 0.2) is 0 Å². The first-order valence-corrected chi connectivity index (χ1v) is 3.00. The van der Waals surface area contributed by atoms with E-state index in [-0.39, 0.29) is 8.85 Å². The van der Waals surface area contributed by atoms with Crippen LogP contribution < -0.4 is 0 Å². The van der Waals surface area contributed by atoms with Crippen molar-refractivity contribution >= 4 is 0 Å². The van der Waals surface area contributed by atoms with E-state index in [0.29, 0.717) is 0 Å². The van der Waals surface area contributed by atoms with Crippen molar-refractivity contribution < 1.29 is 1.43 Å². The highest BCUT2D eigenvalue weighted by Gasteiger charge is 1.95. The third kappa shape index (κ3) is 2.67. The summed E-state index contributed by atoms with van der Waals surface area (Å²) >= 11 is 0. The van der Waals surface area contributed by atoms with Gasteiger partial charge in [0, 0.05) is 1.43 Å². The third-order valence-corrected chi connectivity index (χ3v) is 1.50. The molecule has 0 spiro atoms. The molecule has 1 fully saturated rings. The number of hydrogen-bond acceptors (Lipinski definition) is 0. The summed E-state index contributed by atoms with van der Waals surface area (Å²) in [5.74, 6) is 0. The molecule has 0 unspecified atom stereocenters. The largest absolute Gasteiger partial charge is 0.0776 e. The Morgan fingerprint density at radius 3 is 0.857 bits per heavy atom. The molecular weight excluding hydrogens is 84.1 g/mol. The molecule has 0 saturated heterocycles. The molecular formula is C7H18. The van der Waals surface area contributed by atoms with Gasteiger partial charge in [-0.1, -0.05) is 46.0 Å². The summed E-state index contributed by atoms with van der Waals surface area (Å²) in [7, 11) is 0. The van der Waals surface area contributed by atoms with Crippen LogP contribution in [0.1, 0.15) is 47.4 Å². The highest BCUT2D eigenvalue weighted by molar-refractivity contribution is 4.51. The monoisotopic (exact) mass is 103 g/mol. The maximum atomic E-state index is 1.50. The molecule has 0 heteroatoms. The van der Waals surface area contributed by atoms with Gasteiger partial charge in [0.05, 0.1) is 0 Å². The molecule has 0 amide bonds. The topological polar surface area (TPSA) is 0 Å². The lowest BCUT2D eigenvalue weighted by molar-refractivity contribution is 0.504. The van der Waals surface area contributed by atoms with Gasteiger partial charge in [-0.05, 0) is 0 Å². The van der Waals surface area contributed by atoms with E-state index >= 15 is 0 Å². The average molecular weight is 103 g/mol. The predicted octanol–water partition coefficient (Wildman–Crippen LogP) is 3.22. The molecule has 0 bridgehead atoms. The van der Waals surface area contributed by atoms with E-state index in [1.54, 1.807) is 0 Å². The van der Waals surface area contributed by atoms with Gasteiger partial charge in [-0.25, -0.2) is 0 Å². The highest BCUT2D eigenvalue weighted by Crippen LogP contribution is 2.15. The average Bonchev–Trinajstić information content (AvgIpc) is 1.72. The van der Waals surface area contributed by atoms with Crippen LogP contribution in [0.15, 0.2) is 0 Å². The van der Waals surface area contributed by atoms with Gasteiger partial charge in [-0.3, -0.25) is 0 Å². The van der Waals surface area contributed by atoms with Crippen molar-refractivity contribution in [1.29, 1.82) is 0 Å². The maximum absolute atomic E-state index is 1.50. The molecule has 1 aliphatic rings. The van der Waals surface area contributed by atoms with Crippen LogP contribution >= 0.6 is 0 Å². The summed E-state index contributed by atoms with van der Waals surface area (Å²) in [5.41, 5.74) is 0. The van der Waals surface area contributed by atoms with Crippen molar-refractivity contribution in [3.63, 3.8) is 0 Å². The van der Waals surface area contributed by atoms with Gasteiger partial charge in [-0.2, -0.15) is 0 Å². The molecule has 0 heterocycles. The van der Waals surface area contributed by atoms with Crippen LogP contribution in [0.25, 0.3) is 0 Å². The summed E-state index contributed by atoms with van der Waals surface area (Å²) < 4.78 is 0. The lowest BCUT2D eigenvalue weighted by Gasteiger charge is -2.05. The second kappa shape index (κ2) is 4.17. The highest BCUT2D eigenvalue weighted by atomic mass is 14.0. The first kappa shape index (κ1) is 7.00.